The van der Waals surface area contributed by atoms with Gasteiger partial charge in [-0.25, -0.2) is 0 Å². The summed E-state index contributed by atoms with van der Waals surface area (Å²) in [5, 5.41) is 2.97. The van der Waals surface area contributed by atoms with E-state index < -0.39 is 0 Å². The maximum atomic E-state index is 12.6. The Morgan fingerprint density at radius 2 is 1.74 bits per heavy atom. The van der Waals surface area contributed by atoms with Crippen LogP contribution in [0.2, 0.25) is 0 Å². The molecule has 0 aliphatic carbocycles. The molecule has 6 nitrogen and oxygen atoms in total. The number of nitrogens with zero attached hydrogens (tertiary/aromatic N) is 2. The van der Waals surface area contributed by atoms with Gasteiger partial charge < -0.3 is 19.7 Å². The van der Waals surface area contributed by atoms with E-state index in [-0.39, 0.29) is 12.0 Å². The van der Waals surface area contributed by atoms with Gasteiger partial charge in [-0.3, -0.25) is 9.78 Å². The van der Waals surface area contributed by atoms with Crippen molar-refractivity contribution in [3.63, 3.8) is 0 Å². The van der Waals surface area contributed by atoms with E-state index in [1.165, 1.54) is 12.8 Å². The molecule has 3 atom stereocenters. The van der Waals surface area contributed by atoms with Crippen LogP contribution in [-0.4, -0.2) is 48.1 Å². The van der Waals surface area contributed by atoms with Crippen LogP contribution < -0.4 is 14.8 Å². The lowest BCUT2D eigenvalue weighted by Crippen LogP contribution is -2.43. The number of rotatable bonds is 7. The number of piperidine rings is 1. The van der Waals surface area contributed by atoms with Gasteiger partial charge in [0.05, 0.1) is 7.11 Å². The number of nitrogens with one attached hydrogen (secondary N) is 1. The Kier molecular flexibility index (Phi) is 6.50. The smallest absolute Gasteiger partial charge is 0.270 e. The highest BCUT2D eigenvalue weighted by Gasteiger charge is 2.39. The van der Waals surface area contributed by atoms with E-state index in [2.05, 4.69) is 22.2 Å². The molecule has 0 unspecified atom stereocenters. The minimum atomic E-state index is -0.195. The Balaban J connectivity index is 1.16. The summed E-state index contributed by atoms with van der Waals surface area (Å²) in [4.78, 5) is 19.5. The number of carbonyl (C=O) groups excluding carboxylic acids is 1. The fourth-order valence-electron chi connectivity index (χ4n) is 5.13. The van der Waals surface area contributed by atoms with Crippen LogP contribution in [0.1, 0.15) is 41.7 Å². The van der Waals surface area contributed by atoms with Crippen LogP contribution in [0.3, 0.4) is 0 Å². The molecule has 1 aromatic heterocycles. The van der Waals surface area contributed by atoms with Crippen LogP contribution >= 0.6 is 0 Å². The third-order valence-electron chi connectivity index (χ3n) is 7.13. The van der Waals surface area contributed by atoms with Crippen LogP contribution in [0.25, 0.3) is 11.1 Å². The van der Waals surface area contributed by atoms with Gasteiger partial charge in [0.1, 0.15) is 23.3 Å². The van der Waals surface area contributed by atoms with Crippen LogP contribution in [0.15, 0.2) is 66.9 Å². The largest absolute Gasteiger partial charge is 0.497 e. The molecule has 34 heavy (non-hydrogen) atoms. The SMILES string of the molecule is COc1ccc(-c2ccc(C(=O)NCc3cccc(O[C@@H]4C[C@H]5CC[C@@H](C4)N5C)c3)nc2)cc1. The first-order valence-corrected chi connectivity index (χ1v) is 12.0. The average molecular weight is 458 g/mol. The first kappa shape index (κ1) is 22.4. The van der Waals surface area contributed by atoms with Crippen molar-refractivity contribution in [2.24, 2.45) is 0 Å². The monoisotopic (exact) mass is 457 g/mol. The lowest BCUT2D eigenvalue weighted by atomic mass is 10.0. The summed E-state index contributed by atoms with van der Waals surface area (Å²) in [5.41, 5.74) is 3.38. The molecule has 0 radical (unpaired) electrons. The molecule has 2 bridgehead atoms. The fraction of sp³-hybridized carbons (Fsp3) is 0.357. The zero-order valence-corrected chi connectivity index (χ0v) is 19.7. The first-order valence-electron chi connectivity index (χ1n) is 12.0. The van der Waals surface area contributed by atoms with Gasteiger partial charge in [0.25, 0.3) is 5.91 Å². The van der Waals surface area contributed by atoms with Crippen molar-refractivity contribution in [3.05, 3.63) is 78.1 Å². The van der Waals surface area contributed by atoms with Crippen LogP contribution in [-0.2, 0) is 6.54 Å². The Morgan fingerprint density at radius 3 is 2.41 bits per heavy atom. The highest BCUT2D eigenvalue weighted by Crippen LogP contribution is 2.36. The number of pyridine rings is 1. The predicted octanol–water partition coefficient (Wildman–Crippen LogP) is 4.69. The summed E-state index contributed by atoms with van der Waals surface area (Å²) >= 11 is 0. The second kappa shape index (κ2) is 9.85. The van der Waals surface area contributed by atoms with Crippen molar-refractivity contribution < 1.29 is 14.3 Å². The molecule has 6 heteroatoms. The molecule has 5 rings (SSSR count). The van der Waals surface area contributed by atoms with Crippen LogP contribution in [0, 0.1) is 0 Å². The molecule has 1 amide bonds. The van der Waals surface area contributed by atoms with E-state index in [9.17, 15) is 4.79 Å². The van der Waals surface area contributed by atoms with Gasteiger partial charge in [0.2, 0.25) is 0 Å². The van der Waals surface area contributed by atoms with Gasteiger partial charge in [-0.05, 0) is 74.2 Å². The van der Waals surface area contributed by atoms with E-state index in [1.54, 1.807) is 19.4 Å². The summed E-state index contributed by atoms with van der Waals surface area (Å²) in [6.07, 6.45) is 6.73. The van der Waals surface area contributed by atoms with Crippen LogP contribution in [0.4, 0.5) is 0 Å². The fourth-order valence-corrected chi connectivity index (χ4v) is 5.13. The number of aromatic nitrogens is 1. The van der Waals surface area contributed by atoms with E-state index in [1.807, 2.05) is 54.6 Å². The minimum absolute atomic E-state index is 0.195. The van der Waals surface area contributed by atoms with Gasteiger partial charge in [-0.2, -0.15) is 0 Å². The molecule has 0 saturated carbocycles. The Bertz CT molecular complexity index is 1120. The third-order valence-corrected chi connectivity index (χ3v) is 7.13. The normalized spacial score (nSPS) is 21.8. The van der Waals surface area contributed by atoms with Crippen molar-refractivity contribution in [2.45, 2.75) is 50.4 Å². The molecular formula is C28H31N3O3. The van der Waals surface area contributed by atoms with Crippen molar-refractivity contribution in [2.75, 3.05) is 14.2 Å². The molecule has 176 valence electrons. The molecular weight excluding hydrogens is 426 g/mol. The maximum Gasteiger partial charge on any atom is 0.270 e. The van der Waals surface area contributed by atoms with Crippen molar-refractivity contribution in [3.8, 4) is 22.6 Å². The molecule has 2 fully saturated rings. The molecule has 3 aromatic rings. The van der Waals surface area contributed by atoms with Gasteiger partial charge in [0, 0.05) is 30.4 Å². The molecule has 3 heterocycles. The summed E-state index contributed by atoms with van der Waals surface area (Å²) in [6, 6.07) is 20.7. The van der Waals surface area contributed by atoms with Crippen molar-refractivity contribution >= 4 is 5.91 Å². The summed E-state index contributed by atoms with van der Waals surface area (Å²) in [7, 11) is 3.88. The van der Waals surface area contributed by atoms with Crippen molar-refractivity contribution in [1.29, 1.82) is 0 Å². The number of benzene rings is 2. The third kappa shape index (κ3) is 4.92. The van der Waals surface area contributed by atoms with Gasteiger partial charge in [-0.15, -0.1) is 0 Å². The first-order chi connectivity index (χ1) is 16.6. The number of ether oxygens (including phenoxy) is 2. The zero-order valence-electron chi connectivity index (χ0n) is 19.7. The highest BCUT2D eigenvalue weighted by atomic mass is 16.5. The number of hydrogen-bond acceptors (Lipinski definition) is 5. The van der Waals surface area contributed by atoms with Gasteiger partial charge in [-0.1, -0.05) is 30.3 Å². The number of fused-ring (bicyclic) bond motifs is 2. The average Bonchev–Trinajstić information content (AvgIpc) is 3.07. The molecule has 0 spiro atoms. The molecule has 1 N–H and O–H groups in total. The van der Waals surface area contributed by atoms with Crippen molar-refractivity contribution in [1.82, 2.24) is 15.2 Å². The lowest BCUT2D eigenvalue weighted by Gasteiger charge is -2.36. The molecule has 2 aliphatic heterocycles. The van der Waals surface area contributed by atoms with E-state index >= 15 is 0 Å². The van der Waals surface area contributed by atoms with E-state index in [0.29, 0.717) is 24.3 Å². The van der Waals surface area contributed by atoms with Crippen LogP contribution in [0.5, 0.6) is 11.5 Å². The Hall–Kier alpha value is -3.38. The Labute approximate surface area is 200 Å². The number of carbonyl (C=O) groups is 1. The second-order valence-corrected chi connectivity index (χ2v) is 9.25. The zero-order chi connectivity index (χ0) is 23.5. The van der Waals surface area contributed by atoms with Gasteiger partial charge >= 0.3 is 0 Å². The molecule has 2 aliphatic rings. The van der Waals surface area contributed by atoms with E-state index in [0.717, 1.165) is 41.0 Å². The molecule has 2 saturated heterocycles. The number of hydrogen-bond donors (Lipinski definition) is 1. The Morgan fingerprint density at radius 1 is 1.00 bits per heavy atom. The lowest BCUT2D eigenvalue weighted by molar-refractivity contribution is 0.0661. The maximum absolute atomic E-state index is 12.6. The predicted molar refractivity (Wildman–Crippen MR) is 132 cm³/mol. The van der Waals surface area contributed by atoms with Gasteiger partial charge in [0.15, 0.2) is 0 Å². The topological polar surface area (TPSA) is 63.7 Å². The summed E-state index contributed by atoms with van der Waals surface area (Å²) in [5.74, 6) is 1.49. The minimum Gasteiger partial charge on any atom is -0.497 e. The van der Waals surface area contributed by atoms with E-state index in [4.69, 9.17) is 9.47 Å². The molecule has 2 aromatic carbocycles. The summed E-state index contributed by atoms with van der Waals surface area (Å²) < 4.78 is 11.5. The summed E-state index contributed by atoms with van der Waals surface area (Å²) in [6.45, 7) is 0.427. The number of amides is 1. The number of methoxy groups -OCH3 is 1. The quantitative estimate of drug-likeness (QED) is 0.558. The second-order valence-electron chi connectivity index (χ2n) is 9.25. The standard InChI is InChI=1S/C28H31N3O3/c1-31-22-9-10-23(31)16-26(15-22)34-25-5-3-4-19(14-25)17-30-28(32)27-13-8-21(18-29-27)20-6-11-24(33-2)12-7-20/h3-8,11-14,18,22-23,26H,9-10,15-17H2,1-2H3,(H,30,32)/t22-,23+,26-. The highest BCUT2D eigenvalue weighted by molar-refractivity contribution is 5.92.